The second-order valence-electron chi connectivity index (χ2n) is 9.72. The maximum Gasteiger partial charge on any atom is 0.308 e. The van der Waals surface area contributed by atoms with Crippen molar-refractivity contribution < 1.29 is 23.9 Å². The summed E-state index contributed by atoms with van der Waals surface area (Å²) in [6.07, 6.45) is 6.69. The number of carbonyl (C=O) groups is 4. The number of carbonyl (C=O) groups excluding carboxylic acids is 4. The first-order valence-corrected chi connectivity index (χ1v) is 11.0. The van der Waals surface area contributed by atoms with E-state index in [0.29, 0.717) is 28.9 Å². The number of imide groups is 1. The van der Waals surface area contributed by atoms with E-state index in [4.69, 9.17) is 4.74 Å². The number of hydrogen-bond acceptors (Lipinski definition) is 5. The zero-order valence-electron chi connectivity index (χ0n) is 17.1. The Kier molecular flexibility index (Phi) is 4.75. The van der Waals surface area contributed by atoms with E-state index in [1.165, 1.54) is 19.3 Å². The Morgan fingerprint density at radius 3 is 2.30 bits per heavy atom. The molecular weight excluding hydrogens is 382 g/mol. The van der Waals surface area contributed by atoms with Gasteiger partial charge in [-0.3, -0.25) is 24.1 Å². The van der Waals surface area contributed by atoms with E-state index in [1.807, 2.05) is 0 Å². The van der Waals surface area contributed by atoms with Crippen LogP contribution in [0.4, 0.5) is 0 Å². The van der Waals surface area contributed by atoms with Gasteiger partial charge in [-0.25, -0.2) is 0 Å². The number of esters is 1. The largest absolute Gasteiger partial charge is 0.458 e. The molecule has 1 aliphatic heterocycles. The van der Waals surface area contributed by atoms with Crippen molar-refractivity contribution in [1.82, 2.24) is 4.90 Å². The third-order valence-corrected chi connectivity index (χ3v) is 7.67. The lowest BCUT2D eigenvalue weighted by Crippen LogP contribution is -2.51. The van der Waals surface area contributed by atoms with E-state index in [2.05, 4.69) is 0 Å². The predicted molar refractivity (Wildman–Crippen MR) is 107 cm³/mol. The standard InChI is InChI=1S/C24H27NO5/c26-20(24-11-15-7-16(12-24)9-17(8-15)13-24)14-30-22(28)5-6-25-21(27)10-18-3-1-2-4-19(18)23(25)29/h1-4,15-17H,5-14H2. The quantitative estimate of drug-likeness (QED) is 0.533. The number of fused-ring (bicyclic) bond motifs is 1. The second-order valence-corrected chi connectivity index (χ2v) is 9.72. The lowest BCUT2D eigenvalue weighted by molar-refractivity contribution is -0.157. The number of ether oxygens (including phenoxy) is 1. The lowest BCUT2D eigenvalue weighted by Gasteiger charge is -2.55. The summed E-state index contributed by atoms with van der Waals surface area (Å²) in [6.45, 7) is -0.202. The Morgan fingerprint density at radius 1 is 1.00 bits per heavy atom. The van der Waals surface area contributed by atoms with Crippen LogP contribution >= 0.6 is 0 Å². The van der Waals surface area contributed by atoms with E-state index in [-0.39, 0.29) is 49.0 Å². The molecule has 158 valence electrons. The highest BCUT2D eigenvalue weighted by molar-refractivity contribution is 6.09. The van der Waals surface area contributed by atoms with Crippen molar-refractivity contribution in [3.05, 3.63) is 35.4 Å². The van der Waals surface area contributed by atoms with Crippen molar-refractivity contribution in [3.8, 4) is 0 Å². The first kappa shape index (κ1) is 19.5. The molecule has 1 aromatic carbocycles. The van der Waals surface area contributed by atoms with Crippen LogP contribution in [0.1, 0.15) is 60.9 Å². The van der Waals surface area contributed by atoms with Crippen molar-refractivity contribution in [2.24, 2.45) is 23.2 Å². The molecule has 0 aromatic heterocycles. The summed E-state index contributed by atoms with van der Waals surface area (Å²) in [4.78, 5) is 51.2. The second kappa shape index (κ2) is 7.33. The highest BCUT2D eigenvalue weighted by Crippen LogP contribution is 2.60. The average molecular weight is 409 g/mol. The molecule has 2 amide bonds. The van der Waals surface area contributed by atoms with Gasteiger partial charge < -0.3 is 4.74 Å². The van der Waals surface area contributed by atoms with E-state index in [9.17, 15) is 19.2 Å². The molecule has 4 saturated carbocycles. The number of rotatable bonds is 6. The predicted octanol–water partition coefficient (Wildman–Crippen LogP) is 2.93. The Hall–Kier alpha value is -2.50. The monoisotopic (exact) mass is 409 g/mol. The molecule has 6 rings (SSSR count). The van der Waals surface area contributed by atoms with Crippen molar-refractivity contribution in [3.63, 3.8) is 0 Å². The summed E-state index contributed by atoms with van der Waals surface area (Å²) >= 11 is 0. The van der Waals surface area contributed by atoms with Crippen LogP contribution in [0.2, 0.25) is 0 Å². The number of nitrogens with zero attached hydrogens (tertiary/aromatic N) is 1. The molecule has 6 heteroatoms. The Balaban J connectivity index is 1.14. The maximum atomic E-state index is 13.0. The molecule has 0 N–H and O–H groups in total. The van der Waals surface area contributed by atoms with Crippen LogP contribution in [-0.4, -0.2) is 41.6 Å². The minimum absolute atomic E-state index is 0.0175. The first-order chi connectivity index (χ1) is 14.4. The lowest BCUT2D eigenvalue weighted by atomic mass is 9.48. The Labute approximate surface area is 175 Å². The fraction of sp³-hybridized carbons (Fsp3) is 0.583. The van der Waals surface area contributed by atoms with Crippen LogP contribution in [0.5, 0.6) is 0 Å². The molecule has 1 heterocycles. The third kappa shape index (κ3) is 3.36. The molecule has 4 bridgehead atoms. The van der Waals surface area contributed by atoms with Gasteiger partial charge in [-0.1, -0.05) is 18.2 Å². The fourth-order valence-corrected chi connectivity index (χ4v) is 6.65. The molecule has 0 unspecified atom stereocenters. The maximum absolute atomic E-state index is 13.0. The molecule has 1 aromatic rings. The van der Waals surface area contributed by atoms with Gasteiger partial charge in [0.2, 0.25) is 5.91 Å². The minimum Gasteiger partial charge on any atom is -0.458 e. The van der Waals surface area contributed by atoms with E-state index in [0.717, 1.165) is 24.2 Å². The molecule has 30 heavy (non-hydrogen) atoms. The van der Waals surface area contributed by atoms with E-state index < -0.39 is 5.97 Å². The first-order valence-electron chi connectivity index (χ1n) is 11.0. The SMILES string of the molecule is O=C(CCN1C(=O)Cc2ccccc2C1=O)OCC(=O)C12CC3CC(CC(C3)C1)C2. The molecule has 5 aliphatic rings. The smallest absolute Gasteiger partial charge is 0.308 e. The van der Waals surface area contributed by atoms with Crippen LogP contribution in [0, 0.1) is 23.2 Å². The molecule has 4 fully saturated rings. The van der Waals surface area contributed by atoms with Gasteiger partial charge in [0.1, 0.15) is 0 Å². The highest BCUT2D eigenvalue weighted by atomic mass is 16.5. The highest BCUT2D eigenvalue weighted by Gasteiger charge is 2.54. The van der Waals surface area contributed by atoms with Gasteiger partial charge >= 0.3 is 5.97 Å². The van der Waals surface area contributed by atoms with Crippen molar-refractivity contribution in [2.75, 3.05) is 13.2 Å². The molecule has 0 spiro atoms. The van der Waals surface area contributed by atoms with Gasteiger partial charge in [0.05, 0.1) is 12.8 Å². The Bertz CT molecular complexity index is 885. The van der Waals surface area contributed by atoms with Crippen LogP contribution in [0.15, 0.2) is 24.3 Å². The van der Waals surface area contributed by atoms with Gasteiger partial charge in [-0.15, -0.1) is 0 Å². The van der Waals surface area contributed by atoms with Gasteiger partial charge in [0, 0.05) is 17.5 Å². The number of ketones is 1. The van der Waals surface area contributed by atoms with Gasteiger partial charge in [0.25, 0.3) is 5.91 Å². The van der Waals surface area contributed by atoms with Crippen LogP contribution < -0.4 is 0 Å². The van der Waals surface area contributed by atoms with Crippen LogP contribution in [0.25, 0.3) is 0 Å². The van der Waals surface area contributed by atoms with Crippen molar-refractivity contribution in [1.29, 1.82) is 0 Å². The summed E-state index contributed by atoms with van der Waals surface area (Å²) in [7, 11) is 0. The summed E-state index contributed by atoms with van der Waals surface area (Å²) in [5.41, 5.74) is 0.937. The van der Waals surface area contributed by atoms with E-state index in [1.54, 1.807) is 24.3 Å². The summed E-state index contributed by atoms with van der Waals surface area (Å²) in [5.74, 6) is 0.830. The summed E-state index contributed by atoms with van der Waals surface area (Å²) in [5, 5.41) is 0. The van der Waals surface area contributed by atoms with Crippen LogP contribution in [-0.2, 0) is 25.5 Å². The van der Waals surface area contributed by atoms with Crippen LogP contribution in [0.3, 0.4) is 0 Å². The van der Waals surface area contributed by atoms with Crippen molar-refractivity contribution in [2.45, 2.75) is 51.4 Å². The van der Waals surface area contributed by atoms with Gasteiger partial charge in [-0.05, 0) is 67.9 Å². The minimum atomic E-state index is -0.535. The van der Waals surface area contributed by atoms with E-state index >= 15 is 0 Å². The summed E-state index contributed by atoms with van der Waals surface area (Å²) in [6, 6.07) is 7.02. The zero-order valence-corrected chi connectivity index (χ0v) is 17.1. The molecule has 0 saturated heterocycles. The number of amides is 2. The molecular formula is C24H27NO5. The van der Waals surface area contributed by atoms with Gasteiger partial charge in [0.15, 0.2) is 12.4 Å². The number of hydrogen-bond donors (Lipinski definition) is 0. The average Bonchev–Trinajstić information content (AvgIpc) is 2.71. The molecule has 0 atom stereocenters. The fourth-order valence-electron chi connectivity index (χ4n) is 6.65. The molecule has 0 radical (unpaired) electrons. The Morgan fingerprint density at radius 2 is 1.63 bits per heavy atom. The number of benzene rings is 1. The normalized spacial score (nSPS) is 31.6. The molecule has 6 nitrogen and oxygen atoms in total. The molecule has 4 aliphatic carbocycles. The number of Topliss-reactive ketones (excluding diaryl/α,β-unsaturated/α-hetero) is 1. The zero-order chi connectivity index (χ0) is 20.9. The van der Waals surface area contributed by atoms with Crippen molar-refractivity contribution >= 4 is 23.6 Å². The van der Waals surface area contributed by atoms with Gasteiger partial charge in [-0.2, -0.15) is 0 Å². The summed E-state index contributed by atoms with van der Waals surface area (Å²) < 4.78 is 5.29. The topological polar surface area (TPSA) is 80.8 Å². The third-order valence-electron chi connectivity index (χ3n) is 7.67.